The van der Waals surface area contributed by atoms with Crippen LogP contribution < -0.4 is 5.73 Å². The Hall–Kier alpha value is -3.50. The molecule has 6 N–H and O–H groups in total. The van der Waals surface area contributed by atoms with Gasteiger partial charge in [0.05, 0.1) is 11.6 Å². The first-order valence-electron chi connectivity index (χ1n) is 15.7. The molecule has 4 bridgehead atoms. The number of likely N-dealkylation sites (N-methyl/N-ethyl adjacent to an activating group) is 1. The molecule has 6 unspecified atom stereocenters. The fourth-order valence-corrected chi connectivity index (χ4v) is 10.9. The summed E-state index contributed by atoms with van der Waals surface area (Å²) in [5, 5.41) is 46.2. The highest BCUT2D eigenvalue weighted by molar-refractivity contribution is 6.24. The summed E-state index contributed by atoms with van der Waals surface area (Å²) in [7, 11) is 3.15. The summed E-state index contributed by atoms with van der Waals surface area (Å²) in [5.41, 5.74) is 1.71. The molecule has 5 saturated carbocycles. The largest absolute Gasteiger partial charge is 0.508 e. The molecule has 8 rings (SSSR count). The zero-order chi connectivity index (χ0) is 31.6. The van der Waals surface area contributed by atoms with Crippen LogP contribution in [0.5, 0.6) is 5.75 Å². The van der Waals surface area contributed by atoms with Gasteiger partial charge in [-0.3, -0.25) is 24.1 Å². The number of Topliss-reactive ketones (excluding diaryl/α,β-unsaturated/α-hetero) is 3. The molecule has 10 heteroatoms. The third-order valence-corrected chi connectivity index (χ3v) is 12.2. The number of carbonyl (C=O) groups is 4. The highest BCUT2D eigenvalue weighted by Crippen LogP contribution is 2.63. The van der Waals surface area contributed by atoms with Gasteiger partial charge < -0.3 is 26.2 Å². The summed E-state index contributed by atoms with van der Waals surface area (Å²) in [6.07, 6.45) is 5.74. The van der Waals surface area contributed by atoms with E-state index in [-0.39, 0.29) is 29.1 Å². The molecule has 7 aliphatic carbocycles. The lowest BCUT2D eigenvalue weighted by Gasteiger charge is -2.58. The Labute approximate surface area is 255 Å². The molecule has 0 spiro atoms. The third kappa shape index (κ3) is 3.67. The molecule has 44 heavy (non-hydrogen) atoms. The van der Waals surface area contributed by atoms with Gasteiger partial charge in [0.25, 0.3) is 5.91 Å². The number of nitrogens with zero attached hydrogens (tertiary/aromatic N) is 1. The molecule has 7 aliphatic rings. The van der Waals surface area contributed by atoms with E-state index in [1.807, 2.05) is 6.92 Å². The smallest absolute Gasteiger partial charge is 0.255 e. The van der Waals surface area contributed by atoms with Crippen LogP contribution in [-0.2, 0) is 19.2 Å². The maximum atomic E-state index is 14.7. The second-order valence-corrected chi connectivity index (χ2v) is 14.8. The molecule has 1 aromatic rings. The quantitative estimate of drug-likeness (QED) is 0.316. The molecule has 1 amide bonds. The van der Waals surface area contributed by atoms with Gasteiger partial charge in [-0.2, -0.15) is 0 Å². The fourth-order valence-electron chi connectivity index (χ4n) is 10.9. The minimum absolute atomic E-state index is 0.0279. The van der Waals surface area contributed by atoms with Crippen molar-refractivity contribution in [1.29, 1.82) is 0 Å². The summed E-state index contributed by atoms with van der Waals surface area (Å²) < 4.78 is 0. The van der Waals surface area contributed by atoms with Crippen molar-refractivity contribution in [3.8, 4) is 5.75 Å². The van der Waals surface area contributed by atoms with E-state index in [2.05, 4.69) is 0 Å². The monoisotopic (exact) mass is 604 g/mol. The van der Waals surface area contributed by atoms with E-state index in [0.717, 1.165) is 38.5 Å². The number of amides is 1. The zero-order valence-electron chi connectivity index (χ0n) is 25.2. The van der Waals surface area contributed by atoms with Crippen LogP contribution in [0, 0.1) is 40.9 Å². The second kappa shape index (κ2) is 9.50. The van der Waals surface area contributed by atoms with Crippen LogP contribution in [-0.4, -0.2) is 74.3 Å². The number of aliphatic hydroxyl groups excluding tert-OH is 2. The molecule has 1 aromatic carbocycles. The molecule has 6 atom stereocenters. The number of rotatable bonds is 5. The number of phenolic OH excluding ortho intramolecular Hbond substituents is 1. The summed E-state index contributed by atoms with van der Waals surface area (Å²) in [5.74, 6) is -7.16. The number of primary amides is 1. The highest BCUT2D eigenvalue weighted by Gasteiger charge is 2.69. The van der Waals surface area contributed by atoms with Crippen LogP contribution in [0.2, 0.25) is 0 Å². The van der Waals surface area contributed by atoms with Crippen molar-refractivity contribution in [2.24, 2.45) is 46.7 Å². The van der Waals surface area contributed by atoms with Gasteiger partial charge in [-0.05, 0) is 93.8 Å². The number of phenols is 1. The second-order valence-electron chi connectivity index (χ2n) is 14.8. The molecule has 0 heterocycles. The Morgan fingerprint density at radius 2 is 1.59 bits per heavy atom. The van der Waals surface area contributed by atoms with Crippen molar-refractivity contribution < 1.29 is 39.6 Å². The van der Waals surface area contributed by atoms with Gasteiger partial charge in [0, 0.05) is 29.2 Å². The van der Waals surface area contributed by atoms with Crippen LogP contribution in [0.1, 0.15) is 68.9 Å². The van der Waals surface area contributed by atoms with Crippen molar-refractivity contribution in [2.75, 3.05) is 14.1 Å². The van der Waals surface area contributed by atoms with Gasteiger partial charge in [-0.15, -0.1) is 0 Å². The molecule has 0 radical (unpaired) electrons. The predicted molar refractivity (Wildman–Crippen MR) is 158 cm³/mol. The Kier molecular flexibility index (Phi) is 6.31. The maximum Gasteiger partial charge on any atom is 0.255 e. The lowest BCUT2D eigenvalue weighted by atomic mass is 9.46. The lowest BCUT2D eigenvalue weighted by Crippen LogP contribution is -2.69. The van der Waals surface area contributed by atoms with Gasteiger partial charge in [0.15, 0.2) is 11.4 Å². The van der Waals surface area contributed by atoms with Crippen LogP contribution in [0.4, 0.5) is 0 Å². The van der Waals surface area contributed by atoms with Gasteiger partial charge >= 0.3 is 0 Å². The SMILES string of the molecule is CC1c2cccc(O)c2C(O)=C2C(=O)C3(O)C(O)=C(C(N)=O)C(=O)C(N(C)C)C3C(CC(=O)C34CC5CC(CC(C5)C3)C4)C21. The van der Waals surface area contributed by atoms with Gasteiger partial charge in [-0.1, -0.05) is 19.1 Å². The Balaban J connectivity index is 1.45. The standard InChI is InChI=1S/C34H40N2O8/c1-14-18-5-4-6-20(37)23(18)28(39)24-22(14)19(10-21(38)33-11-15-7-16(12-33)9-17(8-15)13-33)26-27(36(2)3)29(40)25(32(35)43)31(42)34(26,44)30(24)41/h4-6,14-17,19,22,26-27,37,39,42,44H,7-13H2,1-3H3,(H2,35,43). The number of aromatic hydroxyl groups is 1. The number of ketones is 3. The summed E-state index contributed by atoms with van der Waals surface area (Å²) in [4.78, 5) is 57.0. The first-order valence-corrected chi connectivity index (χ1v) is 15.7. The van der Waals surface area contributed by atoms with E-state index in [4.69, 9.17) is 5.73 Å². The van der Waals surface area contributed by atoms with E-state index in [9.17, 15) is 39.6 Å². The maximum absolute atomic E-state index is 14.7. The third-order valence-electron chi connectivity index (χ3n) is 12.2. The molecule has 0 aliphatic heterocycles. The molecular weight excluding hydrogens is 564 g/mol. The summed E-state index contributed by atoms with van der Waals surface area (Å²) >= 11 is 0. The van der Waals surface area contributed by atoms with Crippen LogP contribution >= 0.6 is 0 Å². The van der Waals surface area contributed by atoms with Crippen LogP contribution in [0.3, 0.4) is 0 Å². The minimum atomic E-state index is -2.82. The van der Waals surface area contributed by atoms with Gasteiger partial charge in [0.2, 0.25) is 5.78 Å². The van der Waals surface area contributed by atoms with E-state index >= 15 is 0 Å². The average Bonchev–Trinajstić information content (AvgIpc) is 2.93. The topological polar surface area (TPSA) is 178 Å². The van der Waals surface area contributed by atoms with Crippen molar-refractivity contribution in [3.63, 3.8) is 0 Å². The molecule has 5 fully saturated rings. The molecular formula is C34H40N2O8. The number of nitrogens with two attached hydrogens (primary N) is 1. The molecule has 0 aromatic heterocycles. The van der Waals surface area contributed by atoms with E-state index < -0.39 is 75.3 Å². The Bertz CT molecular complexity index is 1550. The van der Waals surface area contributed by atoms with Crippen molar-refractivity contribution >= 4 is 29.0 Å². The van der Waals surface area contributed by atoms with E-state index in [1.165, 1.54) is 11.0 Å². The van der Waals surface area contributed by atoms with Crippen LogP contribution in [0.25, 0.3) is 5.76 Å². The van der Waals surface area contributed by atoms with E-state index in [1.54, 1.807) is 26.2 Å². The number of fused-ring (bicyclic) bond motifs is 3. The number of hydrogen-bond acceptors (Lipinski definition) is 9. The molecule has 0 saturated heterocycles. The number of hydrogen-bond donors (Lipinski definition) is 5. The molecule has 234 valence electrons. The number of benzene rings is 1. The summed E-state index contributed by atoms with van der Waals surface area (Å²) in [6, 6.07) is 3.50. The zero-order valence-corrected chi connectivity index (χ0v) is 25.2. The minimum Gasteiger partial charge on any atom is -0.508 e. The first-order chi connectivity index (χ1) is 20.7. The highest BCUT2D eigenvalue weighted by atomic mass is 16.3. The van der Waals surface area contributed by atoms with Crippen molar-refractivity contribution in [3.05, 3.63) is 46.2 Å². The normalized spacial score (nSPS) is 40.7. The Morgan fingerprint density at radius 3 is 2.14 bits per heavy atom. The Morgan fingerprint density at radius 1 is 1.00 bits per heavy atom. The predicted octanol–water partition coefficient (Wildman–Crippen LogP) is 2.93. The average molecular weight is 605 g/mol. The fraction of sp³-hybridized carbons (Fsp3) is 0.588. The van der Waals surface area contributed by atoms with Crippen LogP contribution in [0.15, 0.2) is 35.1 Å². The summed E-state index contributed by atoms with van der Waals surface area (Å²) in [6.45, 7) is 1.84. The van der Waals surface area contributed by atoms with Gasteiger partial charge in [-0.25, -0.2) is 0 Å². The lowest BCUT2D eigenvalue weighted by molar-refractivity contribution is -0.165. The van der Waals surface area contributed by atoms with Gasteiger partial charge in [0.1, 0.15) is 28.6 Å². The van der Waals surface area contributed by atoms with Crippen molar-refractivity contribution in [2.45, 2.75) is 69.4 Å². The first kappa shape index (κ1) is 29.2. The number of carbonyl (C=O) groups excluding carboxylic acids is 4. The number of aliphatic hydroxyl groups is 3. The van der Waals surface area contributed by atoms with E-state index in [0.29, 0.717) is 23.3 Å². The van der Waals surface area contributed by atoms with Crippen molar-refractivity contribution in [1.82, 2.24) is 4.90 Å². The molecule has 10 nitrogen and oxygen atoms in total.